The second-order valence-corrected chi connectivity index (χ2v) is 5.81. The van der Waals surface area contributed by atoms with Crippen molar-refractivity contribution in [2.45, 2.75) is 26.8 Å². The summed E-state index contributed by atoms with van der Waals surface area (Å²) in [5.74, 6) is 0.552. The van der Waals surface area contributed by atoms with Gasteiger partial charge in [0, 0.05) is 30.4 Å². The molecule has 0 fully saturated rings. The van der Waals surface area contributed by atoms with E-state index in [1.165, 1.54) is 0 Å². The monoisotopic (exact) mass is 297 g/mol. The lowest BCUT2D eigenvalue weighted by atomic mass is 10.00. The van der Waals surface area contributed by atoms with E-state index < -0.39 is 0 Å². The second kappa shape index (κ2) is 5.10. The number of benzene rings is 1. The molecule has 2 heterocycles. The third kappa shape index (κ3) is 2.23. The van der Waals surface area contributed by atoms with Gasteiger partial charge in [-0.25, -0.2) is 0 Å². The van der Waals surface area contributed by atoms with E-state index in [1.54, 1.807) is 17.8 Å². The molecule has 0 aliphatic heterocycles. The van der Waals surface area contributed by atoms with Gasteiger partial charge in [0.25, 0.3) is 0 Å². The summed E-state index contributed by atoms with van der Waals surface area (Å²) in [6.07, 6.45) is 3.52. The Hall–Kier alpha value is -2.40. The van der Waals surface area contributed by atoms with E-state index in [-0.39, 0.29) is 11.5 Å². The molecule has 114 valence electrons. The van der Waals surface area contributed by atoms with Gasteiger partial charge in [-0.3, -0.25) is 9.48 Å². The van der Waals surface area contributed by atoms with Crippen molar-refractivity contribution in [2.75, 3.05) is 0 Å². The van der Waals surface area contributed by atoms with Crippen LogP contribution in [0.25, 0.3) is 22.3 Å². The minimum Gasteiger partial charge on any atom is -0.455 e. The standard InChI is InChI=1S/C17H19N3O2/c1-9-5-13(11(3)18)17-14(6-9)15(21)10(2)16(22-17)12-7-19-20(4)8-12/h5-8,11H,18H2,1-4H3. The summed E-state index contributed by atoms with van der Waals surface area (Å²) in [5, 5.41) is 4.73. The smallest absolute Gasteiger partial charge is 0.196 e. The third-order valence-electron chi connectivity index (χ3n) is 3.85. The van der Waals surface area contributed by atoms with E-state index >= 15 is 0 Å². The van der Waals surface area contributed by atoms with Crippen molar-refractivity contribution in [3.05, 3.63) is 51.4 Å². The summed E-state index contributed by atoms with van der Waals surface area (Å²) in [5.41, 5.74) is 9.81. The summed E-state index contributed by atoms with van der Waals surface area (Å²) >= 11 is 0. The predicted molar refractivity (Wildman–Crippen MR) is 86.8 cm³/mol. The largest absolute Gasteiger partial charge is 0.455 e. The summed E-state index contributed by atoms with van der Waals surface area (Å²) in [7, 11) is 1.83. The van der Waals surface area contributed by atoms with Gasteiger partial charge in [-0.15, -0.1) is 0 Å². The van der Waals surface area contributed by atoms with Crippen LogP contribution in [0.2, 0.25) is 0 Å². The van der Waals surface area contributed by atoms with Gasteiger partial charge in [-0.05, 0) is 32.4 Å². The van der Waals surface area contributed by atoms with Gasteiger partial charge in [0.2, 0.25) is 0 Å². The van der Waals surface area contributed by atoms with Gasteiger partial charge >= 0.3 is 0 Å². The number of fused-ring (bicyclic) bond motifs is 1. The lowest BCUT2D eigenvalue weighted by Crippen LogP contribution is -2.12. The fourth-order valence-corrected chi connectivity index (χ4v) is 2.72. The van der Waals surface area contributed by atoms with Crippen LogP contribution in [-0.2, 0) is 7.05 Å². The maximum atomic E-state index is 12.7. The molecule has 0 bridgehead atoms. The first-order valence-electron chi connectivity index (χ1n) is 7.21. The number of hydrogen-bond donors (Lipinski definition) is 1. The highest BCUT2D eigenvalue weighted by atomic mass is 16.3. The fourth-order valence-electron chi connectivity index (χ4n) is 2.72. The van der Waals surface area contributed by atoms with Crippen LogP contribution in [0.15, 0.2) is 33.7 Å². The summed E-state index contributed by atoms with van der Waals surface area (Å²) < 4.78 is 7.77. The van der Waals surface area contributed by atoms with Gasteiger partial charge < -0.3 is 10.2 Å². The highest BCUT2D eigenvalue weighted by Gasteiger charge is 2.17. The first-order chi connectivity index (χ1) is 10.4. The predicted octanol–water partition coefficient (Wildman–Crippen LogP) is 2.83. The van der Waals surface area contributed by atoms with Gasteiger partial charge in [-0.2, -0.15) is 5.10 Å². The molecule has 0 spiro atoms. The highest BCUT2D eigenvalue weighted by Crippen LogP contribution is 2.29. The van der Waals surface area contributed by atoms with Gasteiger partial charge in [0.05, 0.1) is 17.1 Å². The van der Waals surface area contributed by atoms with Crippen molar-refractivity contribution < 1.29 is 4.42 Å². The molecule has 1 aromatic carbocycles. The molecule has 3 rings (SSSR count). The van der Waals surface area contributed by atoms with Crippen molar-refractivity contribution in [2.24, 2.45) is 12.8 Å². The Morgan fingerprint density at radius 1 is 1.32 bits per heavy atom. The molecule has 0 aliphatic rings. The third-order valence-corrected chi connectivity index (χ3v) is 3.85. The molecule has 0 amide bonds. The average molecular weight is 297 g/mol. The van der Waals surface area contributed by atoms with Crippen LogP contribution in [0.1, 0.15) is 29.7 Å². The van der Waals surface area contributed by atoms with Crippen LogP contribution >= 0.6 is 0 Å². The minimum atomic E-state index is -0.213. The molecule has 1 atom stereocenters. The average Bonchev–Trinajstić information content (AvgIpc) is 2.88. The summed E-state index contributed by atoms with van der Waals surface area (Å²) in [6, 6.07) is 3.61. The summed E-state index contributed by atoms with van der Waals surface area (Å²) in [6.45, 7) is 5.62. The van der Waals surface area contributed by atoms with E-state index in [1.807, 2.05) is 39.2 Å². The first-order valence-corrected chi connectivity index (χ1v) is 7.21. The summed E-state index contributed by atoms with van der Waals surface area (Å²) in [4.78, 5) is 12.7. The van der Waals surface area contributed by atoms with Crippen LogP contribution in [0, 0.1) is 13.8 Å². The van der Waals surface area contributed by atoms with Crippen LogP contribution in [0.4, 0.5) is 0 Å². The number of nitrogens with zero attached hydrogens (tertiary/aromatic N) is 2. The molecule has 5 nitrogen and oxygen atoms in total. The number of aromatic nitrogens is 2. The molecule has 5 heteroatoms. The first kappa shape index (κ1) is 14.5. The number of hydrogen-bond acceptors (Lipinski definition) is 4. The quantitative estimate of drug-likeness (QED) is 0.789. The van der Waals surface area contributed by atoms with Crippen molar-refractivity contribution in [1.82, 2.24) is 9.78 Å². The van der Waals surface area contributed by atoms with Crippen molar-refractivity contribution in [3.63, 3.8) is 0 Å². The molecule has 0 saturated heterocycles. The van der Waals surface area contributed by atoms with Gasteiger partial charge in [-0.1, -0.05) is 6.07 Å². The Balaban J connectivity index is 2.42. The van der Waals surface area contributed by atoms with Crippen LogP contribution in [-0.4, -0.2) is 9.78 Å². The topological polar surface area (TPSA) is 74.0 Å². The Morgan fingerprint density at radius 2 is 2.05 bits per heavy atom. The molecule has 2 aromatic heterocycles. The molecule has 0 aliphatic carbocycles. The molecule has 22 heavy (non-hydrogen) atoms. The van der Waals surface area contributed by atoms with Crippen molar-refractivity contribution in [3.8, 4) is 11.3 Å². The van der Waals surface area contributed by atoms with E-state index in [9.17, 15) is 4.79 Å². The van der Waals surface area contributed by atoms with Crippen molar-refractivity contribution >= 4 is 11.0 Å². The maximum Gasteiger partial charge on any atom is 0.196 e. The second-order valence-electron chi connectivity index (χ2n) is 5.81. The number of nitrogens with two attached hydrogens (primary N) is 1. The van der Waals surface area contributed by atoms with Crippen LogP contribution in [0.3, 0.4) is 0 Å². The number of aryl methyl sites for hydroxylation is 2. The molecule has 0 saturated carbocycles. The SMILES string of the molecule is Cc1cc(C(C)N)c2oc(-c3cnn(C)c3)c(C)c(=O)c2c1. The van der Waals surface area contributed by atoms with Crippen LogP contribution in [0.5, 0.6) is 0 Å². The Bertz CT molecular complexity index is 920. The van der Waals surface area contributed by atoms with Crippen LogP contribution < -0.4 is 11.2 Å². The molecular weight excluding hydrogens is 278 g/mol. The highest BCUT2D eigenvalue weighted by molar-refractivity contribution is 5.84. The zero-order chi connectivity index (χ0) is 16.0. The fraction of sp³-hybridized carbons (Fsp3) is 0.294. The zero-order valence-electron chi connectivity index (χ0n) is 13.2. The lowest BCUT2D eigenvalue weighted by Gasteiger charge is -2.12. The normalized spacial score (nSPS) is 12.8. The molecule has 0 radical (unpaired) electrons. The Kier molecular flexibility index (Phi) is 3.37. The van der Waals surface area contributed by atoms with Gasteiger partial charge in [0.15, 0.2) is 5.43 Å². The Labute approximate surface area is 128 Å². The number of rotatable bonds is 2. The maximum absolute atomic E-state index is 12.7. The molecule has 3 aromatic rings. The minimum absolute atomic E-state index is 0.0225. The van der Waals surface area contributed by atoms with E-state index in [4.69, 9.17) is 10.2 Å². The van der Waals surface area contributed by atoms with E-state index in [0.29, 0.717) is 22.3 Å². The van der Waals surface area contributed by atoms with Crippen molar-refractivity contribution in [1.29, 1.82) is 0 Å². The Morgan fingerprint density at radius 3 is 2.64 bits per heavy atom. The molecule has 2 N–H and O–H groups in total. The lowest BCUT2D eigenvalue weighted by molar-refractivity contribution is 0.603. The zero-order valence-corrected chi connectivity index (χ0v) is 13.2. The van der Waals surface area contributed by atoms with E-state index in [0.717, 1.165) is 16.7 Å². The van der Waals surface area contributed by atoms with E-state index in [2.05, 4.69) is 5.10 Å². The molecular formula is C17H19N3O2. The van der Waals surface area contributed by atoms with Gasteiger partial charge in [0.1, 0.15) is 11.3 Å². The molecule has 1 unspecified atom stereocenters.